The fourth-order valence-corrected chi connectivity index (χ4v) is 0.973. The van der Waals surface area contributed by atoms with E-state index in [-0.39, 0.29) is 6.03 Å². The normalized spacial score (nSPS) is 9.31. The molecule has 0 spiro atoms. The van der Waals surface area contributed by atoms with E-state index in [0.29, 0.717) is 13.1 Å². The number of carbonyl (C=O) groups excluding carboxylic acids is 1. The number of rotatable bonds is 3. The Bertz CT molecular complexity index is 259. The summed E-state index contributed by atoms with van der Waals surface area (Å²) >= 11 is 0. The molecule has 69 valence electrons. The molecule has 0 fully saturated rings. The molecule has 0 aliphatic carbocycles. The number of nitrogens with zero attached hydrogens (tertiary/aromatic N) is 1. The Hall–Kier alpha value is -1.51. The first-order valence-electron chi connectivity index (χ1n) is 4.32. The summed E-state index contributed by atoms with van der Waals surface area (Å²) in [6.45, 7) is 2.91. The maximum atomic E-state index is 10.9. The van der Waals surface area contributed by atoms with Gasteiger partial charge in [0.2, 0.25) is 0 Å². The van der Waals surface area contributed by atoms with Gasteiger partial charge in [-0.1, -0.05) is 30.3 Å². The lowest BCUT2D eigenvalue weighted by atomic mass is 10.2. The van der Waals surface area contributed by atoms with Crippen molar-refractivity contribution in [2.45, 2.75) is 13.5 Å². The standard InChI is InChI=1S/C10H13N2O/c1-2-11-10(13)12-8-9-6-4-3-5-7-9/h3-7H,2,8H2,1H3,(H,12,13). The van der Waals surface area contributed by atoms with Gasteiger partial charge in [-0.2, -0.15) is 0 Å². The van der Waals surface area contributed by atoms with Gasteiger partial charge in [-0.05, 0) is 12.5 Å². The third kappa shape index (κ3) is 3.60. The fraction of sp³-hybridized carbons (Fsp3) is 0.300. The van der Waals surface area contributed by atoms with Gasteiger partial charge < -0.3 is 5.32 Å². The molecule has 0 atom stereocenters. The van der Waals surface area contributed by atoms with E-state index in [9.17, 15) is 4.79 Å². The van der Waals surface area contributed by atoms with Crippen molar-refractivity contribution in [1.82, 2.24) is 10.6 Å². The Morgan fingerprint density at radius 1 is 1.38 bits per heavy atom. The van der Waals surface area contributed by atoms with Crippen molar-refractivity contribution in [2.24, 2.45) is 0 Å². The van der Waals surface area contributed by atoms with Gasteiger partial charge in [0, 0.05) is 13.1 Å². The number of carbonyl (C=O) groups is 1. The van der Waals surface area contributed by atoms with E-state index < -0.39 is 0 Å². The zero-order valence-corrected chi connectivity index (χ0v) is 7.66. The number of hydrogen-bond acceptors (Lipinski definition) is 1. The third-order valence-corrected chi connectivity index (χ3v) is 1.59. The highest BCUT2D eigenvalue weighted by Gasteiger charge is 1.98. The van der Waals surface area contributed by atoms with Gasteiger partial charge in [-0.25, -0.2) is 10.1 Å². The van der Waals surface area contributed by atoms with E-state index in [1.165, 1.54) is 0 Å². The van der Waals surface area contributed by atoms with Crippen LogP contribution >= 0.6 is 0 Å². The SMILES string of the molecule is CC[N]C(=O)NCc1ccccc1. The number of urea groups is 1. The second-order valence-corrected chi connectivity index (χ2v) is 2.62. The summed E-state index contributed by atoms with van der Waals surface area (Å²) in [5, 5.41) is 6.38. The van der Waals surface area contributed by atoms with Crippen LogP contribution < -0.4 is 10.6 Å². The van der Waals surface area contributed by atoms with Crippen molar-refractivity contribution >= 4 is 6.03 Å². The van der Waals surface area contributed by atoms with Crippen LogP contribution in [0.25, 0.3) is 0 Å². The monoisotopic (exact) mass is 177 g/mol. The minimum atomic E-state index is -0.244. The second-order valence-electron chi connectivity index (χ2n) is 2.62. The molecule has 0 saturated heterocycles. The summed E-state index contributed by atoms with van der Waals surface area (Å²) < 4.78 is 0. The van der Waals surface area contributed by atoms with Gasteiger partial charge in [-0.3, -0.25) is 0 Å². The number of benzene rings is 1. The Balaban J connectivity index is 2.31. The zero-order chi connectivity index (χ0) is 9.52. The van der Waals surface area contributed by atoms with Gasteiger partial charge in [-0.15, -0.1) is 0 Å². The van der Waals surface area contributed by atoms with Crippen molar-refractivity contribution in [3.05, 3.63) is 35.9 Å². The van der Waals surface area contributed by atoms with E-state index in [1.807, 2.05) is 37.3 Å². The minimum absolute atomic E-state index is 0.244. The summed E-state index contributed by atoms with van der Waals surface area (Å²) in [6.07, 6.45) is 0. The van der Waals surface area contributed by atoms with Gasteiger partial charge in [0.05, 0.1) is 0 Å². The van der Waals surface area contributed by atoms with Crippen molar-refractivity contribution in [1.29, 1.82) is 0 Å². The van der Waals surface area contributed by atoms with Crippen LogP contribution in [0, 0.1) is 0 Å². The maximum Gasteiger partial charge on any atom is 0.336 e. The lowest BCUT2D eigenvalue weighted by Crippen LogP contribution is -2.29. The first-order chi connectivity index (χ1) is 6.33. The number of hydrogen-bond donors (Lipinski definition) is 1. The lowest BCUT2D eigenvalue weighted by Gasteiger charge is -2.03. The Morgan fingerprint density at radius 2 is 2.08 bits per heavy atom. The molecule has 0 aliphatic heterocycles. The predicted octanol–water partition coefficient (Wildman–Crippen LogP) is 1.52. The van der Waals surface area contributed by atoms with Gasteiger partial charge in [0.15, 0.2) is 0 Å². The van der Waals surface area contributed by atoms with Gasteiger partial charge >= 0.3 is 6.03 Å². The van der Waals surface area contributed by atoms with Crippen molar-refractivity contribution < 1.29 is 4.79 Å². The fourth-order valence-electron chi connectivity index (χ4n) is 0.973. The summed E-state index contributed by atoms with van der Waals surface area (Å²) in [6, 6.07) is 9.52. The highest BCUT2D eigenvalue weighted by Crippen LogP contribution is 1.96. The van der Waals surface area contributed by atoms with Crippen LogP contribution in [0.5, 0.6) is 0 Å². The molecule has 2 amide bonds. The summed E-state index contributed by atoms with van der Waals surface area (Å²) in [7, 11) is 0. The molecule has 1 radical (unpaired) electrons. The first kappa shape index (κ1) is 9.58. The Labute approximate surface area is 78.2 Å². The molecule has 13 heavy (non-hydrogen) atoms. The molecular formula is C10H13N2O. The third-order valence-electron chi connectivity index (χ3n) is 1.59. The van der Waals surface area contributed by atoms with E-state index in [4.69, 9.17) is 0 Å². The van der Waals surface area contributed by atoms with Gasteiger partial charge in [0.25, 0.3) is 0 Å². The molecule has 1 aromatic rings. The summed E-state index contributed by atoms with van der Waals surface area (Å²) in [5.41, 5.74) is 1.09. The maximum absolute atomic E-state index is 10.9. The lowest BCUT2D eigenvalue weighted by molar-refractivity contribution is 0.240. The van der Waals surface area contributed by atoms with Crippen molar-refractivity contribution in [3.63, 3.8) is 0 Å². The largest absolute Gasteiger partial charge is 0.336 e. The average Bonchev–Trinajstić information content (AvgIpc) is 2.17. The van der Waals surface area contributed by atoms with E-state index in [2.05, 4.69) is 10.6 Å². The van der Waals surface area contributed by atoms with E-state index in [1.54, 1.807) is 0 Å². The van der Waals surface area contributed by atoms with Crippen molar-refractivity contribution in [2.75, 3.05) is 6.54 Å². The van der Waals surface area contributed by atoms with E-state index in [0.717, 1.165) is 5.56 Å². The summed E-state index contributed by atoms with van der Waals surface area (Å²) in [5.74, 6) is 0. The summed E-state index contributed by atoms with van der Waals surface area (Å²) in [4.78, 5) is 10.9. The quantitative estimate of drug-likeness (QED) is 0.747. The molecule has 1 N–H and O–H groups in total. The van der Waals surface area contributed by atoms with Crippen LogP contribution in [-0.2, 0) is 6.54 Å². The van der Waals surface area contributed by atoms with Crippen molar-refractivity contribution in [3.8, 4) is 0 Å². The van der Waals surface area contributed by atoms with Crippen LogP contribution in [0.15, 0.2) is 30.3 Å². The predicted molar refractivity (Wildman–Crippen MR) is 51.4 cm³/mol. The van der Waals surface area contributed by atoms with Crippen LogP contribution in [0.1, 0.15) is 12.5 Å². The molecule has 1 aromatic carbocycles. The molecule has 3 heteroatoms. The zero-order valence-electron chi connectivity index (χ0n) is 7.66. The average molecular weight is 177 g/mol. The van der Waals surface area contributed by atoms with Crippen LogP contribution in [0.2, 0.25) is 0 Å². The molecular weight excluding hydrogens is 164 g/mol. The first-order valence-corrected chi connectivity index (χ1v) is 4.32. The highest BCUT2D eigenvalue weighted by atomic mass is 16.2. The van der Waals surface area contributed by atoms with Crippen LogP contribution in [0.4, 0.5) is 4.79 Å². The topological polar surface area (TPSA) is 43.2 Å². The smallest absolute Gasteiger partial charge is 0.332 e. The molecule has 0 aromatic heterocycles. The number of nitrogens with one attached hydrogen (secondary N) is 1. The van der Waals surface area contributed by atoms with E-state index >= 15 is 0 Å². The Kier molecular flexibility index (Phi) is 3.82. The van der Waals surface area contributed by atoms with Crippen LogP contribution in [0.3, 0.4) is 0 Å². The molecule has 3 nitrogen and oxygen atoms in total. The molecule has 0 bridgehead atoms. The molecule has 1 rings (SSSR count). The molecule has 0 aliphatic rings. The molecule has 0 saturated carbocycles. The highest BCUT2D eigenvalue weighted by molar-refractivity contribution is 5.73. The molecule has 0 unspecified atom stereocenters. The second kappa shape index (κ2) is 5.19. The van der Waals surface area contributed by atoms with Crippen LogP contribution in [-0.4, -0.2) is 12.6 Å². The minimum Gasteiger partial charge on any atom is -0.332 e. The Morgan fingerprint density at radius 3 is 2.69 bits per heavy atom. The number of amides is 2. The van der Waals surface area contributed by atoms with Gasteiger partial charge in [0.1, 0.15) is 0 Å². The molecule has 0 heterocycles.